The van der Waals surface area contributed by atoms with Crippen LogP contribution in [0.5, 0.6) is 0 Å². The van der Waals surface area contributed by atoms with Crippen molar-refractivity contribution in [1.82, 2.24) is 15.3 Å². The zero-order valence-electron chi connectivity index (χ0n) is 16.9. The van der Waals surface area contributed by atoms with E-state index in [1.54, 1.807) is 11.8 Å². The largest absolute Gasteiger partial charge is 0.355 e. The highest BCUT2D eigenvalue weighted by atomic mass is 32.2. The van der Waals surface area contributed by atoms with Gasteiger partial charge in [-0.05, 0) is 62.6 Å². The van der Waals surface area contributed by atoms with Gasteiger partial charge in [0.05, 0.1) is 0 Å². The maximum absolute atomic E-state index is 4.86. The molecule has 150 valence electrons. The molecule has 2 aromatic rings. The van der Waals surface area contributed by atoms with Gasteiger partial charge in [-0.2, -0.15) is 4.98 Å². The van der Waals surface area contributed by atoms with Crippen LogP contribution in [0.1, 0.15) is 38.3 Å². The number of thioether (sulfide) groups is 1. The maximum Gasteiger partial charge on any atom is 0.229 e. The molecule has 4 rings (SSSR count). The first-order valence-electron chi connectivity index (χ1n) is 10.5. The molecule has 1 saturated heterocycles. The van der Waals surface area contributed by atoms with Crippen molar-refractivity contribution in [3.8, 4) is 0 Å². The van der Waals surface area contributed by atoms with Gasteiger partial charge < -0.3 is 15.5 Å². The van der Waals surface area contributed by atoms with Crippen LogP contribution in [0.25, 0.3) is 0 Å². The normalized spacial score (nSPS) is 19.2. The fraction of sp³-hybridized carbons (Fsp3) is 0.545. The minimum absolute atomic E-state index is 0.583. The van der Waals surface area contributed by atoms with E-state index in [1.807, 2.05) is 0 Å². The summed E-state index contributed by atoms with van der Waals surface area (Å²) in [5.41, 5.74) is 2.15. The molecular formula is C22H31N5S. The van der Waals surface area contributed by atoms with E-state index in [0.29, 0.717) is 12.0 Å². The number of aryl methyl sites for hydroxylation is 1. The Morgan fingerprint density at radius 2 is 2.07 bits per heavy atom. The Morgan fingerprint density at radius 1 is 1.18 bits per heavy atom. The van der Waals surface area contributed by atoms with Crippen molar-refractivity contribution in [2.24, 2.45) is 5.92 Å². The Morgan fingerprint density at radius 3 is 2.86 bits per heavy atom. The number of nitrogens with one attached hydrogen (secondary N) is 2. The minimum Gasteiger partial charge on any atom is -0.355 e. The molecule has 6 heteroatoms. The minimum atomic E-state index is 0.583. The Kier molecular flexibility index (Phi) is 6.37. The predicted molar refractivity (Wildman–Crippen MR) is 119 cm³/mol. The molecule has 2 aliphatic rings. The lowest BCUT2D eigenvalue weighted by molar-refractivity contribution is 0.530. The molecule has 5 nitrogen and oxygen atoms in total. The molecular weight excluding hydrogens is 366 g/mol. The van der Waals surface area contributed by atoms with E-state index >= 15 is 0 Å². The summed E-state index contributed by atoms with van der Waals surface area (Å²) < 4.78 is 0. The lowest BCUT2D eigenvalue weighted by Crippen LogP contribution is -2.34. The van der Waals surface area contributed by atoms with Gasteiger partial charge in [0.15, 0.2) is 0 Å². The Labute approximate surface area is 172 Å². The van der Waals surface area contributed by atoms with Gasteiger partial charge in [0.25, 0.3) is 0 Å². The molecule has 1 aromatic carbocycles. The maximum atomic E-state index is 4.86. The van der Waals surface area contributed by atoms with Gasteiger partial charge in [0.2, 0.25) is 5.95 Å². The molecule has 2 heterocycles. The van der Waals surface area contributed by atoms with Crippen LogP contribution in [0.4, 0.5) is 17.5 Å². The number of rotatable bonds is 9. The van der Waals surface area contributed by atoms with E-state index in [0.717, 1.165) is 49.0 Å². The summed E-state index contributed by atoms with van der Waals surface area (Å²) in [4.78, 5) is 13.3. The zero-order valence-corrected chi connectivity index (χ0v) is 17.8. The number of benzene rings is 1. The Hall–Kier alpha value is -1.79. The predicted octanol–water partition coefficient (Wildman–Crippen LogP) is 4.47. The Balaban J connectivity index is 1.48. The van der Waals surface area contributed by atoms with Crippen LogP contribution in [-0.2, 0) is 6.42 Å². The van der Waals surface area contributed by atoms with Crippen LogP contribution in [0, 0.1) is 5.92 Å². The number of aromatic nitrogens is 2. The van der Waals surface area contributed by atoms with Crippen molar-refractivity contribution in [3.63, 3.8) is 0 Å². The first-order chi connectivity index (χ1) is 13.7. The monoisotopic (exact) mass is 397 g/mol. The van der Waals surface area contributed by atoms with Gasteiger partial charge >= 0.3 is 0 Å². The highest BCUT2D eigenvalue weighted by Gasteiger charge is 2.27. The molecule has 1 aliphatic heterocycles. The number of hydrogen-bond donors (Lipinski definition) is 2. The quantitative estimate of drug-likeness (QED) is 0.609. The first kappa shape index (κ1) is 19.5. The van der Waals surface area contributed by atoms with E-state index in [4.69, 9.17) is 9.97 Å². The second-order valence-electron chi connectivity index (χ2n) is 7.93. The molecule has 0 radical (unpaired) electrons. The number of nitrogens with zero attached hydrogens (tertiary/aromatic N) is 3. The third kappa shape index (κ3) is 5.17. The second-order valence-corrected chi connectivity index (χ2v) is 8.81. The van der Waals surface area contributed by atoms with Crippen molar-refractivity contribution >= 4 is 29.2 Å². The summed E-state index contributed by atoms with van der Waals surface area (Å²) >= 11 is 1.74. The third-order valence-electron chi connectivity index (χ3n) is 5.50. The van der Waals surface area contributed by atoms with Crippen LogP contribution < -0.4 is 15.5 Å². The molecule has 1 aliphatic carbocycles. The summed E-state index contributed by atoms with van der Waals surface area (Å²) in [6.45, 7) is 5.48. The van der Waals surface area contributed by atoms with Crippen LogP contribution in [0.15, 0.2) is 35.2 Å². The van der Waals surface area contributed by atoms with Crippen molar-refractivity contribution < 1.29 is 0 Å². The molecule has 0 unspecified atom stereocenters. The summed E-state index contributed by atoms with van der Waals surface area (Å²) in [6.07, 6.45) is 8.16. The molecule has 0 bridgehead atoms. The van der Waals surface area contributed by atoms with Crippen molar-refractivity contribution in [2.75, 3.05) is 36.1 Å². The van der Waals surface area contributed by atoms with Gasteiger partial charge in [-0.25, -0.2) is 4.98 Å². The average Bonchev–Trinajstić information content (AvgIpc) is 3.42. The van der Waals surface area contributed by atoms with Crippen LogP contribution in [-0.4, -0.2) is 41.9 Å². The van der Waals surface area contributed by atoms with Crippen molar-refractivity contribution in [3.05, 3.63) is 36.0 Å². The summed E-state index contributed by atoms with van der Waals surface area (Å²) in [5, 5.41) is 7.17. The van der Waals surface area contributed by atoms with Gasteiger partial charge in [0.1, 0.15) is 5.82 Å². The second kappa shape index (κ2) is 9.14. The SMILES string of the molecule is CCCc1cc(N2CC[C@H](NCC3CC3)C2)nc(Nc2cccc(SC)c2)n1. The van der Waals surface area contributed by atoms with Gasteiger partial charge in [-0.1, -0.05) is 19.4 Å². The molecule has 1 atom stereocenters. The smallest absolute Gasteiger partial charge is 0.229 e. The summed E-state index contributed by atoms with van der Waals surface area (Å²) in [6, 6.07) is 11.2. The molecule has 0 spiro atoms. The molecule has 2 fully saturated rings. The lowest BCUT2D eigenvalue weighted by atomic mass is 10.2. The lowest BCUT2D eigenvalue weighted by Gasteiger charge is -2.20. The molecule has 28 heavy (non-hydrogen) atoms. The standard InChI is InChI=1S/C22H31N5S/c1-3-5-17-13-21(27-11-10-19(15-27)23-14-16-8-9-16)26-22(24-17)25-18-6-4-7-20(12-18)28-2/h4,6-7,12-13,16,19,23H,3,5,8-11,14-15H2,1-2H3,(H,24,25,26)/t19-/m0/s1. The first-order valence-corrected chi connectivity index (χ1v) is 11.7. The summed E-state index contributed by atoms with van der Waals surface area (Å²) in [5.74, 6) is 2.68. The van der Waals surface area contributed by atoms with E-state index < -0.39 is 0 Å². The van der Waals surface area contributed by atoms with E-state index in [9.17, 15) is 0 Å². The highest BCUT2D eigenvalue weighted by Crippen LogP contribution is 2.29. The van der Waals surface area contributed by atoms with Crippen LogP contribution >= 0.6 is 11.8 Å². The summed E-state index contributed by atoms with van der Waals surface area (Å²) in [7, 11) is 0. The van der Waals surface area contributed by atoms with Gasteiger partial charge in [0, 0.05) is 41.5 Å². The molecule has 2 N–H and O–H groups in total. The average molecular weight is 398 g/mol. The van der Waals surface area contributed by atoms with E-state index in [1.165, 1.54) is 30.7 Å². The van der Waals surface area contributed by atoms with Gasteiger partial charge in [-0.15, -0.1) is 11.8 Å². The van der Waals surface area contributed by atoms with Crippen molar-refractivity contribution in [2.45, 2.75) is 50.0 Å². The fourth-order valence-corrected chi connectivity index (χ4v) is 4.16. The van der Waals surface area contributed by atoms with E-state index in [2.05, 4.69) is 59.0 Å². The molecule has 1 aromatic heterocycles. The third-order valence-corrected chi connectivity index (χ3v) is 6.23. The van der Waals surface area contributed by atoms with Crippen LogP contribution in [0.2, 0.25) is 0 Å². The highest BCUT2D eigenvalue weighted by molar-refractivity contribution is 7.98. The van der Waals surface area contributed by atoms with Crippen molar-refractivity contribution in [1.29, 1.82) is 0 Å². The fourth-order valence-electron chi connectivity index (χ4n) is 3.71. The zero-order chi connectivity index (χ0) is 19.3. The number of hydrogen-bond acceptors (Lipinski definition) is 6. The molecule has 0 amide bonds. The topological polar surface area (TPSA) is 53.1 Å². The Bertz CT molecular complexity index is 792. The number of anilines is 3. The molecule has 1 saturated carbocycles. The van der Waals surface area contributed by atoms with Gasteiger partial charge in [-0.3, -0.25) is 0 Å². The van der Waals surface area contributed by atoms with E-state index in [-0.39, 0.29) is 0 Å². The van der Waals surface area contributed by atoms with Crippen LogP contribution in [0.3, 0.4) is 0 Å².